The number of ether oxygens (including phenoxy) is 1. The molecule has 0 saturated carbocycles. The Hall–Kier alpha value is -3.37. The minimum Gasteiger partial charge on any atom is -0.449 e. The van der Waals surface area contributed by atoms with Crippen LogP contribution in [0.15, 0.2) is 60.0 Å². The van der Waals surface area contributed by atoms with E-state index in [9.17, 15) is 19.7 Å². The van der Waals surface area contributed by atoms with Crippen LogP contribution in [0.1, 0.15) is 17.3 Å². The van der Waals surface area contributed by atoms with Gasteiger partial charge in [0.2, 0.25) is 0 Å². The first-order valence-electron chi connectivity index (χ1n) is 8.93. The Labute approximate surface area is 186 Å². The number of nitro groups is 1. The number of imidazole rings is 1. The fourth-order valence-electron chi connectivity index (χ4n) is 2.66. The van der Waals surface area contributed by atoms with Crippen molar-refractivity contribution >= 4 is 46.6 Å². The quantitative estimate of drug-likeness (QED) is 0.241. The van der Waals surface area contributed by atoms with Crippen LogP contribution in [-0.4, -0.2) is 38.7 Å². The number of thioether (sulfide) groups is 1. The molecule has 0 aliphatic rings. The molecule has 0 spiro atoms. The molecule has 0 saturated heterocycles. The van der Waals surface area contributed by atoms with Gasteiger partial charge in [-0.3, -0.25) is 19.5 Å². The molecular formula is C20H17ClN4O5S. The summed E-state index contributed by atoms with van der Waals surface area (Å²) < 4.78 is 7.10. The number of hydrogen-bond donors (Lipinski definition) is 1. The summed E-state index contributed by atoms with van der Waals surface area (Å²) in [5, 5.41) is 14.0. The number of nitrogens with zero attached hydrogens (tertiary/aromatic N) is 3. The standard InChI is InChI=1S/C20H17ClN4O5S/c1-12(18(26)23-17-7-6-15(25(28)29)11-16(17)21)30-19(27)13-4-3-5-14(10-13)24-9-8-22-20(24)31-2/h3-12H,1-2H3,(H,23,26)/t12-/m1/s1. The summed E-state index contributed by atoms with van der Waals surface area (Å²) >= 11 is 7.44. The molecule has 1 amide bonds. The average molecular weight is 461 g/mol. The van der Waals surface area contributed by atoms with E-state index in [1.165, 1.54) is 30.8 Å². The number of aromatic nitrogens is 2. The zero-order chi connectivity index (χ0) is 22.5. The molecule has 0 aliphatic heterocycles. The Bertz CT molecular complexity index is 1150. The highest BCUT2D eigenvalue weighted by atomic mass is 35.5. The van der Waals surface area contributed by atoms with E-state index in [0.717, 1.165) is 16.9 Å². The van der Waals surface area contributed by atoms with Gasteiger partial charge in [0.25, 0.3) is 11.6 Å². The Balaban J connectivity index is 1.68. The van der Waals surface area contributed by atoms with Gasteiger partial charge >= 0.3 is 5.97 Å². The smallest absolute Gasteiger partial charge is 0.338 e. The highest BCUT2D eigenvalue weighted by Crippen LogP contribution is 2.27. The third-order valence-electron chi connectivity index (χ3n) is 4.22. The molecule has 3 rings (SSSR count). The summed E-state index contributed by atoms with van der Waals surface area (Å²) in [7, 11) is 0. The molecule has 0 bridgehead atoms. The van der Waals surface area contributed by atoms with Gasteiger partial charge in [-0.15, -0.1) is 0 Å². The Morgan fingerprint density at radius 1 is 1.29 bits per heavy atom. The second-order valence-corrected chi connectivity index (χ2v) is 7.47. The molecule has 0 aliphatic carbocycles. The van der Waals surface area contributed by atoms with E-state index in [0.29, 0.717) is 0 Å². The zero-order valence-corrected chi connectivity index (χ0v) is 18.0. The zero-order valence-electron chi connectivity index (χ0n) is 16.4. The van der Waals surface area contributed by atoms with Gasteiger partial charge in [0.1, 0.15) is 0 Å². The van der Waals surface area contributed by atoms with Crippen molar-refractivity contribution < 1.29 is 19.2 Å². The number of rotatable bonds is 7. The van der Waals surface area contributed by atoms with Crippen molar-refractivity contribution in [1.29, 1.82) is 0 Å². The molecule has 160 valence electrons. The van der Waals surface area contributed by atoms with Gasteiger partial charge in [0.15, 0.2) is 11.3 Å². The molecule has 1 heterocycles. The number of carbonyl (C=O) groups is 2. The fourth-order valence-corrected chi connectivity index (χ4v) is 3.41. The van der Waals surface area contributed by atoms with Crippen LogP contribution in [0.4, 0.5) is 11.4 Å². The topological polar surface area (TPSA) is 116 Å². The summed E-state index contributed by atoms with van der Waals surface area (Å²) in [6.45, 7) is 1.41. The van der Waals surface area contributed by atoms with Crippen molar-refractivity contribution in [3.05, 3.63) is 75.6 Å². The van der Waals surface area contributed by atoms with Crippen molar-refractivity contribution in [1.82, 2.24) is 9.55 Å². The third-order valence-corrected chi connectivity index (χ3v) is 5.20. The van der Waals surface area contributed by atoms with Crippen LogP contribution < -0.4 is 5.32 Å². The van der Waals surface area contributed by atoms with Gasteiger partial charge in [0.05, 0.1) is 21.2 Å². The van der Waals surface area contributed by atoms with Crippen molar-refractivity contribution in [3.63, 3.8) is 0 Å². The lowest BCUT2D eigenvalue weighted by atomic mass is 10.2. The summed E-state index contributed by atoms with van der Waals surface area (Å²) in [6, 6.07) is 10.4. The first-order valence-corrected chi connectivity index (χ1v) is 10.5. The van der Waals surface area contributed by atoms with E-state index in [1.807, 2.05) is 16.9 Å². The van der Waals surface area contributed by atoms with Crippen LogP contribution in [0.2, 0.25) is 5.02 Å². The van der Waals surface area contributed by atoms with E-state index in [4.69, 9.17) is 16.3 Å². The van der Waals surface area contributed by atoms with Gasteiger partial charge < -0.3 is 10.1 Å². The Morgan fingerprint density at radius 3 is 2.74 bits per heavy atom. The molecule has 1 aromatic heterocycles. The second kappa shape index (κ2) is 9.63. The summed E-state index contributed by atoms with van der Waals surface area (Å²) in [4.78, 5) is 39.3. The predicted octanol–water partition coefficient (Wildman–Crippen LogP) is 4.34. The summed E-state index contributed by atoms with van der Waals surface area (Å²) in [6.07, 6.45) is 4.21. The second-order valence-electron chi connectivity index (χ2n) is 6.29. The van der Waals surface area contributed by atoms with Crippen LogP contribution in [0.3, 0.4) is 0 Å². The number of halogens is 1. The van der Waals surface area contributed by atoms with Gasteiger partial charge in [-0.05, 0) is 37.4 Å². The lowest BCUT2D eigenvalue weighted by Gasteiger charge is -2.15. The number of esters is 1. The van der Waals surface area contributed by atoms with Crippen LogP contribution >= 0.6 is 23.4 Å². The molecule has 9 nitrogen and oxygen atoms in total. The highest BCUT2D eigenvalue weighted by molar-refractivity contribution is 7.98. The van der Waals surface area contributed by atoms with Crippen LogP contribution in [0, 0.1) is 10.1 Å². The van der Waals surface area contributed by atoms with Crippen molar-refractivity contribution in [2.24, 2.45) is 0 Å². The van der Waals surface area contributed by atoms with E-state index in [2.05, 4.69) is 10.3 Å². The van der Waals surface area contributed by atoms with Crippen molar-refractivity contribution in [2.45, 2.75) is 18.2 Å². The number of nitro benzene ring substituents is 1. The van der Waals surface area contributed by atoms with Crippen LogP contribution in [0.5, 0.6) is 0 Å². The third kappa shape index (κ3) is 5.22. The summed E-state index contributed by atoms with van der Waals surface area (Å²) in [5.74, 6) is -1.30. The van der Waals surface area contributed by atoms with Crippen LogP contribution in [0.25, 0.3) is 5.69 Å². The van der Waals surface area contributed by atoms with Gasteiger partial charge in [0, 0.05) is 30.2 Å². The number of benzene rings is 2. The largest absolute Gasteiger partial charge is 0.449 e. The average Bonchev–Trinajstić information content (AvgIpc) is 3.24. The number of nitrogens with one attached hydrogen (secondary N) is 1. The maximum absolute atomic E-state index is 12.5. The number of anilines is 1. The molecule has 1 atom stereocenters. The maximum atomic E-state index is 12.5. The maximum Gasteiger partial charge on any atom is 0.338 e. The normalized spacial score (nSPS) is 11.6. The monoisotopic (exact) mass is 460 g/mol. The van der Waals surface area contributed by atoms with Crippen molar-refractivity contribution in [2.75, 3.05) is 11.6 Å². The highest BCUT2D eigenvalue weighted by Gasteiger charge is 2.21. The number of hydrogen-bond acceptors (Lipinski definition) is 7. The first-order chi connectivity index (χ1) is 14.8. The molecule has 1 N–H and O–H groups in total. The lowest BCUT2D eigenvalue weighted by molar-refractivity contribution is -0.384. The van der Waals surface area contributed by atoms with Gasteiger partial charge in [-0.1, -0.05) is 29.4 Å². The Kier molecular flexibility index (Phi) is 6.93. The molecule has 0 fully saturated rings. The van der Waals surface area contributed by atoms with Gasteiger partial charge in [-0.2, -0.15) is 0 Å². The molecule has 3 aromatic rings. The van der Waals surface area contributed by atoms with E-state index in [1.54, 1.807) is 30.6 Å². The predicted molar refractivity (Wildman–Crippen MR) is 117 cm³/mol. The van der Waals surface area contributed by atoms with Crippen LogP contribution in [-0.2, 0) is 9.53 Å². The Morgan fingerprint density at radius 2 is 2.06 bits per heavy atom. The molecule has 31 heavy (non-hydrogen) atoms. The first kappa shape index (κ1) is 22.3. The SMILES string of the molecule is CSc1nccn1-c1cccc(C(=O)O[C@H](C)C(=O)Nc2ccc([N+](=O)[O-])cc2Cl)c1. The van der Waals surface area contributed by atoms with E-state index in [-0.39, 0.29) is 22.0 Å². The lowest BCUT2D eigenvalue weighted by Crippen LogP contribution is -2.30. The minimum absolute atomic E-state index is 0.00120. The molecular weight excluding hydrogens is 444 g/mol. The van der Waals surface area contributed by atoms with E-state index >= 15 is 0 Å². The molecule has 0 unspecified atom stereocenters. The number of carbonyl (C=O) groups excluding carboxylic acids is 2. The summed E-state index contributed by atoms with van der Waals surface area (Å²) in [5.41, 5.74) is 0.967. The van der Waals surface area contributed by atoms with Crippen molar-refractivity contribution in [3.8, 4) is 5.69 Å². The number of non-ortho nitro benzene ring substituents is 1. The molecule has 2 aromatic carbocycles. The fraction of sp³-hybridized carbons (Fsp3) is 0.150. The minimum atomic E-state index is -1.13. The molecule has 11 heteroatoms. The van der Waals surface area contributed by atoms with E-state index < -0.39 is 22.9 Å². The molecule has 0 radical (unpaired) electrons. The van der Waals surface area contributed by atoms with Gasteiger partial charge in [-0.25, -0.2) is 9.78 Å². The number of amides is 1.